The number of carbonyl (C=O) groups is 3. The van der Waals surface area contributed by atoms with Crippen molar-refractivity contribution in [1.29, 1.82) is 0 Å². The number of anilines is 1. The monoisotopic (exact) mass is 423 g/mol. The number of nitrogens with one attached hydrogen (secondary N) is 1. The van der Waals surface area contributed by atoms with E-state index in [9.17, 15) is 14.4 Å². The summed E-state index contributed by atoms with van der Waals surface area (Å²) in [7, 11) is 1.83. The van der Waals surface area contributed by atoms with E-state index in [-0.39, 0.29) is 30.4 Å². The first-order valence-electron chi connectivity index (χ1n) is 10.3. The summed E-state index contributed by atoms with van der Waals surface area (Å²) in [5.74, 6) is -0.0435. The Kier molecular flexibility index (Phi) is 8.64. The van der Waals surface area contributed by atoms with Crippen molar-refractivity contribution in [3.8, 4) is 0 Å². The van der Waals surface area contributed by atoms with Crippen molar-refractivity contribution < 1.29 is 19.1 Å². The Morgan fingerprint density at radius 1 is 1.31 bits per heavy atom. The van der Waals surface area contributed by atoms with E-state index in [4.69, 9.17) is 4.74 Å². The van der Waals surface area contributed by atoms with E-state index in [1.54, 1.807) is 18.7 Å². The van der Waals surface area contributed by atoms with Gasteiger partial charge < -0.3 is 15.0 Å². The number of amides is 2. The fourth-order valence-electron chi connectivity index (χ4n) is 3.59. The zero-order valence-electron chi connectivity index (χ0n) is 18.1. The topological polar surface area (TPSA) is 79.0 Å². The lowest BCUT2D eigenvalue weighted by Crippen LogP contribution is -2.46. The van der Waals surface area contributed by atoms with E-state index in [1.165, 1.54) is 11.3 Å². The molecule has 0 aromatic carbocycles. The standard InChI is InChI=1S/C21H33N3O4S/c1-6-28-21(27)19-16(11-14(2)3)13-29-20(19)22-18(26)12-24-9-7-17(8-10-24)23(5)15(4)25/h13-14,17H,6-12H2,1-5H3,(H,22,26). The first-order valence-corrected chi connectivity index (χ1v) is 11.1. The molecule has 2 heterocycles. The number of hydrogen-bond donors (Lipinski definition) is 1. The average molecular weight is 424 g/mol. The van der Waals surface area contributed by atoms with Crippen LogP contribution in [0.15, 0.2) is 5.38 Å². The number of hydrogen-bond acceptors (Lipinski definition) is 6. The molecule has 29 heavy (non-hydrogen) atoms. The molecule has 1 aliphatic heterocycles. The molecular formula is C21H33N3O4S. The van der Waals surface area contributed by atoms with Crippen LogP contribution in [0, 0.1) is 5.92 Å². The second kappa shape index (κ2) is 10.7. The molecule has 0 saturated carbocycles. The van der Waals surface area contributed by atoms with Crippen LogP contribution < -0.4 is 5.32 Å². The first kappa shape index (κ1) is 23.3. The summed E-state index contributed by atoms with van der Waals surface area (Å²) < 4.78 is 5.21. The summed E-state index contributed by atoms with van der Waals surface area (Å²) in [5, 5.41) is 5.42. The van der Waals surface area contributed by atoms with Gasteiger partial charge in [-0.05, 0) is 43.0 Å². The Balaban J connectivity index is 1.98. The Bertz CT molecular complexity index is 724. The van der Waals surface area contributed by atoms with Crippen LogP contribution in [0.4, 0.5) is 5.00 Å². The summed E-state index contributed by atoms with van der Waals surface area (Å²) >= 11 is 1.37. The smallest absolute Gasteiger partial charge is 0.341 e. The van der Waals surface area contributed by atoms with Crippen molar-refractivity contribution in [2.75, 3.05) is 38.6 Å². The van der Waals surface area contributed by atoms with Gasteiger partial charge in [-0.2, -0.15) is 0 Å². The molecule has 1 aliphatic rings. The second-order valence-electron chi connectivity index (χ2n) is 7.97. The fourth-order valence-corrected chi connectivity index (χ4v) is 4.57. The highest BCUT2D eigenvalue weighted by Crippen LogP contribution is 2.31. The minimum absolute atomic E-state index is 0.0718. The Morgan fingerprint density at radius 2 is 1.97 bits per heavy atom. The zero-order valence-corrected chi connectivity index (χ0v) is 18.9. The molecule has 0 atom stereocenters. The third-order valence-electron chi connectivity index (χ3n) is 5.20. The van der Waals surface area contributed by atoms with Gasteiger partial charge in [-0.1, -0.05) is 13.8 Å². The molecule has 0 spiro atoms. The van der Waals surface area contributed by atoms with Crippen molar-refractivity contribution >= 4 is 34.1 Å². The Hall–Kier alpha value is -1.93. The van der Waals surface area contributed by atoms with Crippen LogP contribution in [0.5, 0.6) is 0 Å². The fraction of sp³-hybridized carbons (Fsp3) is 0.667. The largest absolute Gasteiger partial charge is 0.462 e. The minimum atomic E-state index is -0.382. The van der Waals surface area contributed by atoms with Gasteiger partial charge in [0.25, 0.3) is 0 Å². The summed E-state index contributed by atoms with van der Waals surface area (Å²) in [4.78, 5) is 40.4. The lowest BCUT2D eigenvalue weighted by atomic mass is 10.0. The molecule has 0 aliphatic carbocycles. The van der Waals surface area contributed by atoms with Gasteiger partial charge in [0.1, 0.15) is 5.00 Å². The van der Waals surface area contributed by atoms with Gasteiger partial charge in [0.15, 0.2) is 0 Å². The summed E-state index contributed by atoms with van der Waals surface area (Å²) in [5.41, 5.74) is 1.41. The Morgan fingerprint density at radius 3 is 2.52 bits per heavy atom. The normalized spacial score (nSPS) is 15.4. The third kappa shape index (κ3) is 6.54. The van der Waals surface area contributed by atoms with Crippen LogP contribution in [-0.2, 0) is 20.7 Å². The zero-order chi connectivity index (χ0) is 21.6. The van der Waals surface area contributed by atoms with Crippen LogP contribution in [0.1, 0.15) is 56.5 Å². The van der Waals surface area contributed by atoms with E-state index in [1.807, 2.05) is 12.4 Å². The predicted molar refractivity (Wildman–Crippen MR) is 115 cm³/mol. The van der Waals surface area contributed by atoms with E-state index < -0.39 is 0 Å². The van der Waals surface area contributed by atoms with Crippen LogP contribution in [0.25, 0.3) is 0 Å². The molecule has 1 N–H and O–H groups in total. The highest BCUT2D eigenvalue weighted by Gasteiger charge is 2.26. The van der Waals surface area contributed by atoms with E-state index in [0.717, 1.165) is 37.9 Å². The van der Waals surface area contributed by atoms with Gasteiger partial charge in [0, 0.05) is 33.1 Å². The van der Waals surface area contributed by atoms with Gasteiger partial charge in [-0.3, -0.25) is 14.5 Å². The summed E-state index contributed by atoms with van der Waals surface area (Å²) in [6.07, 6.45) is 2.47. The molecule has 1 aromatic heterocycles. The third-order valence-corrected chi connectivity index (χ3v) is 6.14. The molecule has 7 nitrogen and oxygen atoms in total. The predicted octanol–water partition coefficient (Wildman–Crippen LogP) is 3.00. The number of nitrogens with zero attached hydrogens (tertiary/aromatic N) is 2. The quantitative estimate of drug-likeness (QED) is 0.650. The van der Waals surface area contributed by atoms with Crippen LogP contribution in [0.2, 0.25) is 0 Å². The number of esters is 1. The van der Waals surface area contributed by atoms with E-state index in [0.29, 0.717) is 23.1 Å². The van der Waals surface area contributed by atoms with Crippen LogP contribution >= 0.6 is 11.3 Å². The van der Waals surface area contributed by atoms with Gasteiger partial charge in [-0.15, -0.1) is 11.3 Å². The molecule has 0 bridgehead atoms. The molecular weight excluding hydrogens is 390 g/mol. The minimum Gasteiger partial charge on any atom is -0.462 e. The maximum absolute atomic E-state index is 12.6. The molecule has 0 radical (unpaired) electrons. The van der Waals surface area contributed by atoms with Crippen LogP contribution in [0.3, 0.4) is 0 Å². The molecule has 1 aromatic rings. The highest BCUT2D eigenvalue weighted by atomic mass is 32.1. The molecule has 1 fully saturated rings. The molecule has 2 rings (SSSR count). The molecule has 8 heteroatoms. The molecule has 0 unspecified atom stereocenters. The second-order valence-corrected chi connectivity index (χ2v) is 8.85. The summed E-state index contributed by atoms with van der Waals surface area (Å²) in [6, 6.07) is 0.234. The number of thiophene rings is 1. The van der Waals surface area contributed by atoms with Gasteiger partial charge >= 0.3 is 5.97 Å². The molecule has 162 valence electrons. The van der Waals surface area contributed by atoms with E-state index in [2.05, 4.69) is 24.1 Å². The molecule has 1 saturated heterocycles. The van der Waals surface area contributed by atoms with Crippen molar-refractivity contribution in [2.45, 2.75) is 53.0 Å². The van der Waals surface area contributed by atoms with Crippen molar-refractivity contribution in [2.24, 2.45) is 5.92 Å². The number of ether oxygens (including phenoxy) is 1. The molecule has 2 amide bonds. The lowest BCUT2D eigenvalue weighted by Gasteiger charge is -2.36. The van der Waals surface area contributed by atoms with Crippen molar-refractivity contribution in [3.63, 3.8) is 0 Å². The number of rotatable bonds is 8. The average Bonchev–Trinajstić information content (AvgIpc) is 3.03. The maximum atomic E-state index is 12.6. The number of piperidine rings is 1. The lowest BCUT2D eigenvalue weighted by molar-refractivity contribution is -0.130. The van der Waals surface area contributed by atoms with E-state index >= 15 is 0 Å². The Labute approximate surface area is 177 Å². The number of likely N-dealkylation sites (tertiary alicyclic amines) is 1. The van der Waals surface area contributed by atoms with Gasteiger partial charge in [0.05, 0.1) is 18.7 Å². The van der Waals surface area contributed by atoms with Crippen molar-refractivity contribution in [3.05, 3.63) is 16.5 Å². The first-order chi connectivity index (χ1) is 13.7. The SMILES string of the molecule is CCOC(=O)c1c(CC(C)C)csc1NC(=O)CN1CCC(N(C)C(C)=O)CC1. The van der Waals surface area contributed by atoms with Crippen molar-refractivity contribution in [1.82, 2.24) is 9.80 Å². The van der Waals surface area contributed by atoms with Gasteiger partial charge in [0.2, 0.25) is 11.8 Å². The van der Waals surface area contributed by atoms with Gasteiger partial charge in [-0.25, -0.2) is 4.79 Å². The maximum Gasteiger partial charge on any atom is 0.341 e. The number of carbonyl (C=O) groups excluding carboxylic acids is 3. The summed E-state index contributed by atoms with van der Waals surface area (Å²) in [6.45, 7) is 9.65. The highest BCUT2D eigenvalue weighted by molar-refractivity contribution is 7.15. The van der Waals surface area contributed by atoms with Crippen LogP contribution in [-0.4, -0.2) is 66.9 Å².